The van der Waals surface area contributed by atoms with Crippen LogP contribution in [0.2, 0.25) is 0 Å². The van der Waals surface area contributed by atoms with E-state index in [1.165, 1.54) is 0 Å². The van der Waals surface area contributed by atoms with Crippen LogP contribution in [0.4, 0.5) is 5.13 Å². The van der Waals surface area contributed by atoms with E-state index in [2.05, 4.69) is 20.1 Å². The number of carbonyl (C=O) groups excluding carboxylic acids is 1. The van der Waals surface area contributed by atoms with Crippen LogP contribution in [0.15, 0.2) is 49.1 Å². The third-order valence-corrected chi connectivity index (χ3v) is 6.76. The van der Waals surface area contributed by atoms with Crippen molar-refractivity contribution in [1.82, 2.24) is 19.7 Å². The van der Waals surface area contributed by atoms with E-state index in [1.807, 2.05) is 41.1 Å². The maximum Gasteiger partial charge on any atom is 0.312 e. The van der Waals surface area contributed by atoms with Crippen LogP contribution < -0.4 is 4.90 Å². The molecule has 0 saturated carbocycles. The minimum absolute atomic E-state index is 0.0421. The number of carbonyl (C=O) groups is 1. The molecule has 2 aliphatic heterocycles. The number of hydrogen-bond acceptors (Lipinski definition) is 7. The van der Waals surface area contributed by atoms with Crippen molar-refractivity contribution in [3.63, 3.8) is 0 Å². The predicted molar refractivity (Wildman–Crippen MR) is 106 cm³/mol. The lowest BCUT2D eigenvalue weighted by atomic mass is 9.76. The van der Waals surface area contributed by atoms with Gasteiger partial charge in [-0.05, 0) is 12.8 Å². The number of imidazole rings is 1. The first kappa shape index (κ1) is 17.4. The van der Waals surface area contributed by atoms with Crippen LogP contribution >= 0.6 is 11.3 Å². The van der Waals surface area contributed by atoms with Crippen LogP contribution in [0.1, 0.15) is 19.3 Å². The summed E-state index contributed by atoms with van der Waals surface area (Å²) in [5.74, 6) is -0.0421. The van der Waals surface area contributed by atoms with Gasteiger partial charge in [0.2, 0.25) is 5.13 Å². The number of rotatable bonds is 4. The van der Waals surface area contributed by atoms with Crippen molar-refractivity contribution in [3.8, 4) is 10.6 Å². The van der Waals surface area contributed by atoms with E-state index in [0.29, 0.717) is 6.54 Å². The average Bonchev–Trinajstić information content (AvgIpc) is 3.46. The molecule has 2 aliphatic rings. The molecule has 5 rings (SSSR count). The van der Waals surface area contributed by atoms with Crippen LogP contribution in [0.3, 0.4) is 0 Å². The molecule has 0 radical (unpaired) electrons. The number of anilines is 1. The summed E-state index contributed by atoms with van der Waals surface area (Å²) in [6.45, 7) is 2.28. The summed E-state index contributed by atoms with van der Waals surface area (Å²) in [5, 5.41) is 10.6. The third kappa shape index (κ3) is 3.17. The van der Waals surface area contributed by atoms with Gasteiger partial charge >= 0.3 is 5.97 Å². The highest BCUT2D eigenvalue weighted by molar-refractivity contribution is 7.18. The molecule has 0 aliphatic carbocycles. The molecule has 4 heterocycles. The number of ether oxygens (including phenoxy) is 1. The highest BCUT2D eigenvalue weighted by atomic mass is 32.1. The van der Waals surface area contributed by atoms with Gasteiger partial charge in [-0.15, -0.1) is 10.2 Å². The van der Waals surface area contributed by atoms with Gasteiger partial charge in [0.1, 0.15) is 11.1 Å². The standard InChI is InChI=1S/C20H21N5O2S/c26-18-20(12-16(27-18)13-24-11-8-21-14-24)6-9-25(10-7-20)19-23-22-17(28-19)15-4-2-1-3-5-15/h1-5,8,11,14,16H,6-7,9-10,12-13H2. The first-order valence-electron chi connectivity index (χ1n) is 9.53. The second-order valence-corrected chi connectivity index (χ2v) is 8.47. The Morgan fingerprint density at radius 2 is 2.00 bits per heavy atom. The molecular formula is C20H21N5O2S. The molecule has 7 nitrogen and oxygen atoms in total. The van der Waals surface area contributed by atoms with Gasteiger partial charge < -0.3 is 14.2 Å². The van der Waals surface area contributed by atoms with Crippen molar-refractivity contribution in [3.05, 3.63) is 49.1 Å². The number of aromatic nitrogens is 4. The van der Waals surface area contributed by atoms with Gasteiger partial charge in [0, 0.05) is 37.5 Å². The topological polar surface area (TPSA) is 73.1 Å². The quantitative estimate of drug-likeness (QED) is 0.633. The average molecular weight is 395 g/mol. The fourth-order valence-corrected chi connectivity index (χ4v) is 5.05. The van der Waals surface area contributed by atoms with Gasteiger partial charge in [-0.25, -0.2) is 4.98 Å². The number of nitrogens with zero attached hydrogens (tertiary/aromatic N) is 5. The second kappa shape index (κ2) is 7.01. The normalized spacial score (nSPS) is 21.2. The molecule has 144 valence electrons. The Labute approximate surface area is 167 Å². The number of piperidine rings is 1. The zero-order valence-corrected chi connectivity index (χ0v) is 16.2. The fraction of sp³-hybridized carbons (Fsp3) is 0.400. The van der Waals surface area contributed by atoms with Gasteiger partial charge in [0.05, 0.1) is 18.3 Å². The summed E-state index contributed by atoms with van der Waals surface area (Å²) in [4.78, 5) is 18.9. The summed E-state index contributed by atoms with van der Waals surface area (Å²) < 4.78 is 7.67. The van der Waals surface area contributed by atoms with Crippen molar-refractivity contribution < 1.29 is 9.53 Å². The maximum absolute atomic E-state index is 12.6. The first-order valence-corrected chi connectivity index (χ1v) is 10.3. The molecule has 0 amide bonds. The Hall–Kier alpha value is -2.74. The molecule has 0 bridgehead atoms. The van der Waals surface area contributed by atoms with Crippen LogP contribution in [0.25, 0.3) is 10.6 Å². The van der Waals surface area contributed by atoms with Crippen molar-refractivity contribution in [2.45, 2.75) is 31.9 Å². The van der Waals surface area contributed by atoms with Crippen LogP contribution in [0, 0.1) is 5.41 Å². The fourth-order valence-electron chi connectivity index (χ4n) is 4.14. The number of benzene rings is 1. The first-order chi connectivity index (χ1) is 13.7. The lowest BCUT2D eigenvalue weighted by Gasteiger charge is -2.36. The van der Waals surface area contributed by atoms with Crippen molar-refractivity contribution >= 4 is 22.4 Å². The van der Waals surface area contributed by atoms with E-state index in [9.17, 15) is 4.79 Å². The summed E-state index contributed by atoms with van der Waals surface area (Å²) in [5.41, 5.74) is 0.732. The lowest BCUT2D eigenvalue weighted by Crippen LogP contribution is -2.42. The molecule has 3 aromatic rings. The van der Waals surface area contributed by atoms with E-state index in [4.69, 9.17) is 4.74 Å². The van der Waals surface area contributed by atoms with E-state index in [0.717, 1.165) is 48.1 Å². The molecule has 1 aromatic carbocycles. The minimum Gasteiger partial charge on any atom is -0.460 e. The smallest absolute Gasteiger partial charge is 0.312 e. The van der Waals surface area contributed by atoms with Gasteiger partial charge in [-0.1, -0.05) is 41.7 Å². The number of esters is 1. The summed E-state index contributed by atoms with van der Waals surface area (Å²) in [6.07, 6.45) is 7.72. The Balaban J connectivity index is 1.24. The largest absolute Gasteiger partial charge is 0.460 e. The van der Waals surface area contributed by atoms with Crippen molar-refractivity contribution in [1.29, 1.82) is 0 Å². The van der Waals surface area contributed by atoms with Crippen LogP contribution in [-0.2, 0) is 16.1 Å². The lowest BCUT2D eigenvalue weighted by molar-refractivity contribution is -0.150. The SMILES string of the molecule is O=C1OC(Cn2ccnc2)CC12CCN(c1nnc(-c3ccccc3)s1)CC2. The Morgan fingerprint density at radius 1 is 1.18 bits per heavy atom. The maximum atomic E-state index is 12.6. The van der Waals surface area contributed by atoms with Gasteiger partial charge in [0.25, 0.3) is 0 Å². The Kier molecular flexibility index (Phi) is 4.35. The molecule has 1 spiro atoms. The number of cyclic esters (lactones) is 1. The second-order valence-electron chi connectivity index (χ2n) is 7.51. The summed E-state index contributed by atoms with van der Waals surface area (Å²) in [6, 6.07) is 10.1. The molecule has 2 fully saturated rings. The van der Waals surface area contributed by atoms with E-state index in [-0.39, 0.29) is 17.5 Å². The van der Waals surface area contributed by atoms with E-state index < -0.39 is 0 Å². The van der Waals surface area contributed by atoms with Crippen molar-refractivity contribution in [2.24, 2.45) is 5.41 Å². The third-order valence-electron chi connectivity index (χ3n) is 5.72. The Bertz CT molecular complexity index is 948. The molecule has 2 aromatic heterocycles. The van der Waals surface area contributed by atoms with Crippen molar-refractivity contribution in [2.75, 3.05) is 18.0 Å². The summed E-state index contributed by atoms with van der Waals surface area (Å²) in [7, 11) is 0. The van der Waals surface area contributed by atoms with Crippen LogP contribution in [-0.4, -0.2) is 44.9 Å². The summed E-state index contributed by atoms with van der Waals surface area (Å²) >= 11 is 1.60. The van der Waals surface area contributed by atoms with Crippen LogP contribution in [0.5, 0.6) is 0 Å². The molecule has 2 saturated heterocycles. The van der Waals surface area contributed by atoms with Gasteiger partial charge in [0.15, 0.2) is 0 Å². The monoisotopic (exact) mass is 395 g/mol. The zero-order chi connectivity index (χ0) is 19.0. The van der Waals surface area contributed by atoms with E-state index >= 15 is 0 Å². The molecular weight excluding hydrogens is 374 g/mol. The highest BCUT2D eigenvalue weighted by Gasteiger charge is 2.50. The van der Waals surface area contributed by atoms with E-state index in [1.54, 1.807) is 23.9 Å². The van der Waals surface area contributed by atoms with Gasteiger partial charge in [-0.2, -0.15) is 0 Å². The molecule has 0 N–H and O–H groups in total. The molecule has 1 atom stereocenters. The minimum atomic E-state index is -0.352. The molecule has 8 heteroatoms. The predicted octanol–water partition coefficient (Wildman–Crippen LogP) is 3.00. The van der Waals surface area contributed by atoms with Gasteiger partial charge in [-0.3, -0.25) is 4.79 Å². The molecule has 28 heavy (non-hydrogen) atoms. The Morgan fingerprint density at radius 3 is 2.75 bits per heavy atom. The zero-order valence-electron chi connectivity index (χ0n) is 15.4. The number of hydrogen-bond donors (Lipinski definition) is 0. The highest BCUT2D eigenvalue weighted by Crippen LogP contribution is 2.44. The molecule has 1 unspecified atom stereocenters.